The molecule has 4 N–H and O–H groups in total. The van der Waals surface area contributed by atoms with Crippen LogP contribution in [0.25, 0.3) is 11.3 Å². The lowest BCUT2D eigenvalue weighted by Crippen LogP contribution is -2.38. The smallest absolute Gasteiger partial charge is 0.255 e. The highest BCUT2D eigenvalue weighted by molar-refractivity contribution is 6.32. The summed E-state index contributed by atoms with van der Waals surface area (Å²) >= 11 is 6.05. The highest BCUT2D eigenvalue weighted by Gasteiger charge is 2.35. The van der Waals surface area contributed by atoms with Crippen molar-refractivity contribution in [3.63, 3.8) is 0 Å². The molecule has 9 heteroatoms. The minimum Gasteiger partial charge on any atom is -0.504 e. The number of nitrogens with one attached hydrogen (secondary N) is 3. The molecule has 1 aromatic carbocycles. The number of ether oxygens (including phenoxy) is 1. The number of aromatic amines is 1. The molecule has 0 radical (unpaired) electrons. The second kappa shape index (κ2) is 7.86. The van der Waals surface area contributed by atoms with E-state index in [-0.39, 0.29) is 34.3 Å². The zero-order valence-electron chi connectivity index (χ0n) is 16.4. The minimum atomic E-state index is -0.529. The number of rotatable bonds is 5. The Morgan fingerprint density at radius 2 is 2.19 bits per heavy atom. The predicted molar refractivity (Wildman–Crippen MR) is 114 cm³/mol. The summed E-state index contributed by atoms with van der Waals surface area (Å²) in [7, 11) is 0. The van der Waals surface area contributed by atoms with Crippen molar-refractivity contribution in [2.75, 3.05) is 18.5 Å². The molecule has 2 aromatic heterocycles. The number of para-hydroxylation sites is 1. The van der Waals surface area contributed by atoms with Gasteiger partial charge in [0.2, 0.25) is 0 Å². The minimum absolute atomic E-state index is 0.00911. The average molecular weight is 443 g/mol. The molecule has 4 heterocycles. The van der Waals surface area contributed by atoms with Crippen LogP contribution in [0.2, 0.25) is 5.02 Å². The first-order valence-corrected chi connectivity index (χ1v) is 10.4. The summed E-state index contributed by atoms with van der Waals surface area (Å²) in [6, 6.07) is 6.40. The number of amides is 1. The third kappa shape index (κ3) is 3.51. The van der Waals surface area contributed by atoms with Gasteiger partial charge in [0.05, 0.1) is 40.0 Å². The van der Waals surface area contributed by atoms with Gasteiger partial charge in [0, 0.05) is 36.5 Å². The Labute approximate surface area is 182 Å². The van der Waals surface area contributed by atoms with Gasteiger partial charge in [0.25, 0.3) is 5.91 Å². The quantitative estimate of drug-likeness (QED) is 0.441. The highest BCUT2D eigenvalue weighted by Crippen LogP contribution is 2.43. The van der Waals surface area contributed by atoms with Gasteiger partial charge >= 0.3 is 0 Å². The number of fused-ring (bicyclic) bond motifs is 1. The molecule has 5 rings (SSSR count). The first-order valence-electron chi connectivity index (χ1n) is 10.0. The molecule has 1 saturated heterocycles. The number of phenols is 1. The van der Waals surface area contributed by atoms with E-state index in [4.69, 9.17) is 16.3 Å². The summed E-state index contributed by atoms with van der Waals surface area (Å²) in [5.41, 5.74) is 2.45. The van der Waals surface area contributed by atoms with Gasteiger partial charge < -0.3 is 25.5 Å². The van der Waals surface area contributed by atoms with Crippen LogP contribution in [0.5, 0.6) is 5.75 Å². The summed E-state index contributed by atoms with van der Waals surface area (Å²) in [6.07, 6.45) is 4.47. The van der Waals surface area contributed by atoms with Crippen molar-refractivity contribution in [3.8, 4) is 17.0 Å². The van der Waals surface area contributed by atoms with Crippen LogP contribution < -0.4 is 10.6 Å². The lowest BCUT2D eigenvalue weighted by atomic mass is 9.89. The Balaban J connectivity index is 1.66. The molecule has 0 aliphatic carbocycles. The first kappa shape index (κ1) is 19.8. The van der Waals surface area contributed by atoms with Gasteiger partial charge in [0.1, 0.15) is 0 Å². The van der Waals surface area contributed by atoms with Gasteiger partial charge in [-0.05, 0) is 31.0 Å². The molecule has 160 valence electrons. The summed E-state index contributed by atoms with van der Waals surface area (Å²) in [4.78, 5) is 20.0. The van der Waals surface area contributed by atoms with Crippen LogP contribution in [0, 0.1) is 5.82 Å². The lowest BCUT2D eigenvalue weighted by Gasteiger charge is -2.32. The first-order chi connectivity index (χ1) is 15.0. The van der Waals surface area contributed by atoms with E-state index in [2.05, 4.69) is 20.6 Å². The molecule has 0 saturated carbocycles. The molecule has 2 aliphatic rings. The number of anilines is 2. The Morgan fingerprint density at radius 3 is 2.94 bits per heavy atom. The third-order valence-corrected chi connectivity index (χ3v) is 6.11. The standard InChI is InChI=1S/C22H20ClFN4O3/c23-14-2-1-3-16(21(14)29)27-20-17-18(28-19(20)13-4-6-25-10-15(13)24)11(9-26-22(17)30)8-12-5-7-31-12/h1-4,6,10-12,27-29H,5,7-9H2,(H,26,30)/t11-,12+/m1/s1. The number of carbonyl (C=O) groups excluding carboxylic acids is 1. The van der Waals surface area contributed by atoms with Crippen molar-refractivity contribution in [3.05, 3.63) is 58.8 Å². The van der Waals surface area contributed by atoms with E-state index in [1.54, 1.807) is 18.2 Å². The van der Waals surface area contributed by atoms with Gasteiger partial charge in [0.15, 0.2) is 11.6 Å². The number of aromatic nitrogens is 2. The fraction of sp³-hybridized carbons (Fsp3) is 0.273. The molecule has 31 heavy (non-hydrogen) atoms. The molecule has 1 fully saturated rings. The van der Waals surface area contributed by atoms with E-state index < -0.39 is 5.82 Å². The third-order valence-electron chi connectivity index (χ3n) is 5.80. The number of aromatic hydroxyl groups is 1. The van der Waals surface area contributed by atoms with Crippen LogP contribution in [0.3, 0.4) is 0 Å². The molecule has 2 aliphatic heterocycles. The van der Waals surface area contributed by atoms with Crippen LogP contribution in [-0.4, -0.2) is 40.2 Å². The predicted octanol–water partition coefficient (Wildman–Crippen LogP) is 4.32. The molecular weight excluding hydrogens is 423 g/mol. The number of benzene rings is 1. The van der Waals surface area contributed by atoms with Crippen LogP contribution in [0.15, 0.2) is 36.7 Å². The Bertz CT molecular complexity index is 1160. The molecule has 2 atom stereocenters. The average Bonchev–Trinajstić information content (AvgIpc) is 3.10. The summed E-state index contributed by atoms with van der Waals surface area (Å²) < 4.78 is 20.3. The van der Waals surface area contributed by atoms with Crippen molar-refractivity contribution in [2.24, 2.45) is 0 Å². The van der Waals surface area contributed by atoms with E-state index in [1.165, 1.54) is 12.3 Å². The molecule has 1 amide bonds. The molecule has 0 spiro atoms. The molecule has 0 unspecified atom stereocenters. The molecular formula is C22H20ClFN4O3. The Kier molecular flexibility index (Phi) is 5.03. The number of pyridine rings is 1. The topological polar surface area (TPSA) is 99.3 Å². The van der Waals surface area contributed by atoms with Crippen LogP contribution in [0.4, 0.5) is 15.8 Å². The number of halogens is 2. The van der Waals surface area contributed by atoms with Gasteiger partial charge in [-0.15, -0.1) is 0 Å². The van der Waals surface area contributed by atoms with Gasteiger partial charge in [-0.3, -0.25) is 9.78 Å². The number of phenolic OH excluding ortho intramolecular Hbond substituents is 1. The van der Waals surface area contributed by atoms with E-state index in [0.717, 1.165) is 31.3 Å². The lowest BCUT2D eigenvalue weighted by molar-refractivity contribution is -0.0582. The number of carbonyl (C=O) groups is 1. The Morgan fingerprint density at radius 1 is 1.35 bits per heavy atom. The van der Waals surface area contributed by atoms with E-state index in [1.807, 2.05) is 0 Å². The Hall–Kier alpha value is -3.10. The summed E-state index contributed by atoms with van der Waals surface area (Å²) in [5.74, 6) is -0.971. The zero-order chi connectivity index (χ0) is 21.5. The van der Waals surface area contributed by atoms with Crippen molar-refractivity contribution in [1.29, 1.82) is 0 Å². The van der Waals surface area contributed by atoms with Crippen molar-refractivity contribution in [2.45, 2.75) is 24.9 Å². The fourth-order valence-electron chi connectivity index (χ4n) is 4.11. The number of nitrogens with zero attached hydrogens (tertiary/aromatic N) is 1. The summed E-state index contributed by atoms with van der Waals surface area (Å²) in [6.45, 7) is 1.21. The SMILES string of the molecule is O=C1NC[C@@H](C[C@@H]2CCO2)c2[nH]c(-c3ccncc3F)c(Nc3cccc(Cl)c3O)c21. The van der Waals surface area contributed by atoms with Gasteiger partial charge in [-0.25, -0.2) is 4.39 Å². The number of H-pyrrole nitrogens is 1. The normalized spacial score (nSPS) is 20.0. The van der Waals surface area contributed by atoms with Gasteiger partial charge in [-0.2, -0.15) is 0 Å². The van der Waals surface area contributed by atoms with Crippen LogP contribution >= 0.6 is 11.6 Å². The number of hydrogen-bond acceptors (Lipinski definition) is 5. The highest BCUT2D eigenvalue weighted by atomic mass is 35.5. The van der Waals surface area contributed by atoms with Crippen LogP contribution in [-0.2, 0) is 4.74 Å². The van der Waals surface area contributed by atoms with Crippen LogP contribution in [0.1, 0.15) is 34.8 Å². The fourth-order valence-corrected chi connectivity index (χ4v) is 4.29. The zero-order valence-corrected chi connectivity index (χ0v) is 17.2. The van der Waals surface area contributed by atoms with E-state index in [0.29, 0.717) is 29.2 Å². The molecule has 3 aromatic rings. The summed E-state index contributed by atoms with van der Waals surface area (Å²) in [5, 5.41) is 16.6. The second-order valence-corrected chi connectivity index (χ2v) is 8.11. The van der Waals surface area contributed by atoms with E-state index >= 15 is 0 Å². The second-order valence-electron chi connectivity index (χ2n) is 7.70. The van der Waals surface area contributed by atoms with Crippen molar-refractivity contribution in [1.82, 2.24) is 15.3 Å². The van der Waals surface area contributed by atoms with Gasteiger partial charge in [-0.1, -0.05) is 17.7 Å². The molecule has 7 nitrogen and oxygen atoms in total. The maximum atomic E-state index is 14.7. The van der Waals surface area contributed by atoms with E-state index in [9.17, 15) is 14.3 Å². The van der Waals surface area contributed by atoms with Crippen molar-refractivity contribution >= 4 is 28.9 Å². The number of hydrogen-bond donors (Lipinski definition) is 4. The largest absolute Gasteiger partial charge is 0.504 e. The monoisotopic (exact) mass is 442 g/mol. The maximum Gasteiger partial charge on any atom is 0.255 e. The maximum absolute atomic E-state index is 14.7. The van der Waals surface area contributed by atoms with Crippen molar-refractivity contribution < 1.29 is 19.0 Å². The molecule has 0 bridgehead atoms.